The Morgan fingerprint density at radius 2 is 1.29 bits per heavy atom. The molecule has 0 fully saturated rings. The van der Waals surface area contributed by atoms with Crippen molar-refractivity contribution >= 4 is 11.9 Å². The van der Waals surface area contributed by atoms with Crippen LogP contribution in [0, 0.1) is 0 Å². The van der Waals surface area contributed by atoms with Crippen molar-refractivity contribution in [3.8, 4) is 0 Å². The molecule has 0 aliphatic heterocycles. The van der Waals surface area contributed by atoms with Crippen LogP contribution in [-0.4, -0.2) is 36.4 Å². The van der Waals surface area contributed by atoms with Gasteiger partial charge in [-0.1, -0.05) is 65.2 Å². The summed E-state index contributed by atoms with van der Waals surface area (Å²) >= 11 is 0. The maximum absolute atomic E-state index is 11.7. The number of ether oxygens (including phenoxy) is 2. The number of unbranched alkanes of at least 4 members (excludes halogenated alkanes) is 8. The van der Waals surface area contributed by atoms with Crippen LogP contribution in [0.15, 0.2) is 0 Å². The molecule has 1 N–H and O–H groups in total. The minimum Gasteiger partial charge on any atom is -0.462 e. The topological polar surface area (TPSA) is 72.8 Å². The third-order valence-electron chi connectivity index (χ3n) is 3.90. The number of aliphatic hydroxyl groups excluding tert-OH is 1. The van der Waals surface area contributed by atoms with E-state index in [1.165, 1.54) is 19.3 Å². The standard InChI is InChI=1S/C19H36O5/c1-3-5-7-9-10-12-14-19(22)24-17(15-20)16-23-18(21)13-11-8-6-4-2/h17,20H,3-16H2,1-2H3. The van der Waals surface area contributed by atoms with Gasteiger partial charge >= 0.3 is 11.9 Å². The van der Waals surface area contributed by atoms with E-state index >= 15 is 0 Å². The molecular weight excluding hydrogens is 308 g/mol. The first-order chi connectivity index (χ1) is 11.6. The highest BCUT2D eigenvalue weighted by Gasteiger charge is 2.15. The lowest BCUT2D eigenvalue weighted by Crippen LogP contribution is -2.28. The monoisotopic (exact) mass is 344 g/mol. The SMILES string of the molecule is CCCCCCCCC(=O)OC(CO)COC(=O)CCCCCC. The van der Waals surface area contributed by atoms with Crippen molar-refractivity contribution in [2.45, 2.75) is 97.0 Å². The number of carbonyl (C=O) groups is 2. The molecule has 0 aliphatic carbocycles. The van der Waals surface area contributed by atoms with Gasteiger partial charge in [-0.3, -0.25) is 9.59 Å². The van der Waals surface area contributed by atoms with Gasteiger partial charge in [-0.2, -0.15) is 0 Å². The van der Waals surface area contributed by atoms with E-state index in [0.717, 1.165) is 44.9 Å². The van der Waals surface area contributed by atoms with Gasteiger partial charge in [-0.05, 0) is 12.8 Å². The zero-order chi connectivity index (χ0) is 18.0. The van der Waals surface area contributed by atoms with Crippen LogP contribution in [0.5, 0.6) is 0 Å². The molecule has 0 spiro atoms. The van der Waals surface area contributed by atoms with Gasteiger partial charge in [0, 0.05) is 12.8 Å². The minimum atomic E-state index is -0.753. The number of esters is 2. The lowest BCUT2D eigenvalue weighted by Gasteiger charge is -2.15. The van der Waals surface area contributed by atoms with Crippen molar-refractivity contribution in [1.82, 2.24) is 0 Å². The first-order valence-corrected chi connectivity index (χ1v) is 9.59. The minimum absolute atomic E-state index is 0.0641. The van der Waals surface area contributed by atoms with E-state index in [1.807, 2.05) is 0 Å². The molecule has 0 aromatic rings. The molecule has 5 heteroatoms. The zero-order valence-electron chi connectivity index (χ0n) is 15.6. The first kappa shape index (κ1) is 22.9. The molecule has 0 saturated carbocycles. The van der Waals surface area contributed by atoms with Crippen molar-refractivity contribution in [2.75, 3.05) is 13.2 Å². The van der Waals surface area contributed by atoms with E-state index < -0.39 is 6.10 Å². The maximum Gasteiger partial charge on any atom is 0.306 e. The predicted molar refractivity (Wildman–Crippen MR) is 94.7 cm³/mol. The molecule has 24 heavy (non-hydrogen) atoms. The Morgan fingerprint density at radius 3 is 1.88 bits per heavy atom. The number of rotatable bonds is 16. The Bertz CT molecular complexity index is 317. The summed E-state index contributed by atoms with van der Waals surface area (Å²) in [6, 6.07) is 0. The van der Waals surface area contributed by atoms with Crippen LogP contribution in [0.4, 0.5) is 0 Å². The summed E-state index contributed by atoms with van der Waals surface area (Å²) in [5.41, 5.74) is 0. The summed E-state index contributed by atoms with van der Waals surface area (Å²) in [6.07, 6.45) is 10.7. The molecule has 0 bridgehead atoms. The zero-order valence-corrected chi connectivity index (χ0v) is 15.6. The third kappa shape index (κ3) is 14.5. The van der Waals surface area contributed by atoms with Crippen LogP contribution in [-0.2, 0) is 19.1 Å². The molecule has 5 nitrogen and oxygen atoms in total. The average molecular weight is 344 g/mol. The highest BCUT2D eigenvalue weighted by Crippen LogP contribution is 2.09. The van der Waals surface area contributed by atoms with Crippen molar-refractivity contribution in [3.63, 3.8) is 0 Å². The van der Waals surface area contributed by atoms with E-state index in [1.54, 1.807) is 0 Å². The van der Waals surface area contributed by atoms with Gasteiger partial charge in [-0.25, -0.2) is 0 Å². The first-order valence-electron chi connectivity index (χ1n) is 9.59. The van der Waals surface area contributed by atoms with Crippen molar-refractivity contribution in [2.24, 2.45) is 0 Å². The van der Waals surface area contributed by atoms with Gasteiger partial charge in [0.25, 0.3) is 0 Å². The number of hydrogen-bond acceptors (Lipinski definition) is 5. The van der Waals surface area contributed by atoms with E-state index in [2.05, 4.69) is 13.8 Å². The summed E-state index contributed by atoms with van der Waals surface area (Å²) in [5, 5.41) is 9.23. The van der Waals surface area contributed by atoms with Crippen LogP contribution >= 0.6 is 0 Å². The lowest BCUT2D eigenvalue weighted by atomic mass is 10.1. The van der Waals surface area contributed by atoms with E-state index in [-0.39, 0.29) is 25.2 Å². The maximum atomic E-state index is 11.7. The van der Waals surface area contributed by atoms with Gasteiger partial charge in [0.1, 0.15) is 6.61 Å². The summed E-state index contributed by atoms with van der Waals surface area (Å²) < 4.78 is 10.2. The Morgan fingerprint density at radius 1 is 0.792 bits per heavy atom. The molecule has 142 valence electrons. The quantitative estimate of drug-likeness (QED) is 0.336. The van der Waals surface area contributed by atoms with Crippen LogP contribution in [0.2, 0.25) is 0 Å². The third-order valence-corrected chi connectivity index (χ3v) is 3.90. The highest BCUT2D eigenvalue weighted by atomic mass is 16.6. The van der Waals surface area contributed by atoms with E-state index in [9.17, 15) is 14.7 Å². The predicted octanol–water partition coefficient (Wildman–Crippen LogP) is 4.15. The second kappa shape index (κ2) is 16.7. The summed E-state index contributed by atoms with van der Waals surface area (Å²) in [7, 11) is 0. The summed E-state index contributed by atoms with van der Waals surface area (Å²) in [4.78, 5) is 23.3. The van der Waals surface area contributed by atoms with Gasteiger partial charge < -0.3 is 14.6 Å². The van der Waals surface area contributed by atoms with E-state index in [4.69, 9.17) is 9.47 Å². The largest absolute Gasteiger partial charge is 0.462 e. The lowest BCUT2D eigenvalue weighted by molar-refractivity contribution is -0.161. The number of aliphatic hydroxyl groups is 1. The molecule has 0 aromatic heterocycles. The van der Waals surface area contributed by atoms with Gasteiger partial charge in [0.05, 0.1) is 6.61 Å². The Hall–Kier alpha value is -1.10. The molecule has 1 unspecified atom stereocenters. The molecular formula is C19H36O5. The van der Waals surface area contributed by atoms with Crippen molar-refractivity contribution < 1.29 is 24.2 Å². The van der Waals surface area contributed by atoms with Crippen LogP contribution < -0.4 is 0 Å². The van der Waals surface area contributed by atoms with Crippen molar-refractivity contribution in [3.05, 3.63) is 0 Å². The van der Waals surface area contributed by atoms with E-state index in [0.29, 0.717) is 12.8 Å². The molecule has 0 saturated heterocycles. The molecule has 1 atom stereocenters. The molecule has 0 amide bonds. The smallest absolute Gasteiger partial charge is 0.306 e. The van der Waals surface area contributed by atoms with Crippen LogP contribution in [0.25, 0.3) is 0 Å². The summed E-state index contributed by atoms with van der Waals surface area (Å²) in [6.45, 7) is 3.89. The van der Waals surface area contributed by atoms with Gasteiger partial charge in [0.2, 0.25) is 0 Å². The fourth-order valence-electron chi connectivity index (χ4n) is 2.37. The number of carbonyl (C=O) groups excluding carboxylic acids is 2. The Balaban J connectivity index is 3.72. The average Bonchev–Trinajstić information content (AvgIpc) is 2.58. The molecule has 0 aromatic carbocycles. The Labute approximate surface area is 147 Å². The molecule has 0 rings (SSSR count). The number of hydrogen-bond donors (Lipinski definition) is 1. The fourth-order valence-corrected chi connectivity index (χ4v) is 2.37. The normalized spacial score (nSPS) is 12.0. The molecule has 0 heterocycles. The van der Waals surface area contributed by atoms with Gasteiger partial charge in [-0.15, -0.1) is 0 Å². The second-order valence-corrected chi connectivity index (χ2v) is 6.31. The Kier molecular flexibility index (Phi) is 16.0. The van der Waals surface area contributed by atoms with Crippen LogP contribution in [0.1, 0.15) is 90.9 Å². The van der Waals surface area contributed by atoms with Crippen LogP contribution in [0.3, 0.4) is 0 Å². The molecule has 0 radical (unpaired) electrons. The van der Waals surface area contributed by atoms with Gasteiger partial charge in [0.15, 0.2) is 6.10 Å². The fraction of sp³-hybridized carbons (Fsp3) is 0.895. The highest BCUT2D eigenvalue weighted by molar-refractivity contribution is 5.70. The second-order valence-electron chi connectivity index (χ2n) is 6.31. The molecule has 0 aliphatic rings. The summed E-state index contributed by atoms with van der Waals surface area (Å²) in [5.74, 6) is -0.625. The van der Waals surface area contributed by atoms with Crippen molar-refractivity contribution in [1.29, 1.82) is 0 Å².